The standard InChI is InChI=1S/C6H9FN4/c7-3-5-6-4-8-1-2-11(6)10-9-5/h8H,1-4H2. The smallest absolute Gasteiger partial charge is 0.135 e. The molecule has 11 heavy (non-hydrogen) atoms. The minimum atomic E-state index is -0.517. The molecule has 0 spiro atoms. The van der Waals surface area contributed by atoms with Gasteiger partial charge in [-0.1, -0.05) is 5.21 Å². The van der Waals surface area contributed by atoms with E-state index in [2.05, 4.69) is 15.6 Å². The van der Waals surface area contributed by atoms with Crippen molar-refractivity contribution in [1.29, 1.82) is 0 Å². The van der Waals surface area contributed by atoms with Crippen molar-refractivity contribution in [3.8, 4) is 0 Å². The fourth-order valence-corrected chi connectivity index (χ4v) is 1.24. The highest BCUT2D eigenvalue weighted by Crippen LogP contribution is 2.08. The second-order valence-corrected chi connectivity index (χ2v) is 2.52. The summed E-state index contributed by atoms with van der Waals surface area (Å²) in [4.78, 5) is 0. The van der Waals surface area contributed by atoms with Gasteiger partial charge in [-0.2, -0.15) is 0 Å². The van der Waals surface area contributed by atoms with Crippen LogP contribution in [0.4, 0.5) is 4.39 Å². The maximum atomic E-state index is 12.2. The molecule has 2 heterocycles. The molecule has 0 fully saturated rings. The van der Waals surface area contributed by atoms with E-state index >= 15 is 0 Å². The van der Waals surface area contributed by atoms with E-state index in [1.807, 2.05) is 0 Å². The van der Waals surface area contributed by atoms with E-state index in [0.29, 0.717) is 12.2 Å². The van der Waals surface area contributed by atoms with E-state index in [9.17, 15) is 4.39 Å². The van der Waals surface area contributed by atoms with Gasteiger partial charge >= 0.3 is 0 Å². The second-order valence-electron chi connectivity index (χ2n) is 2.52. The topological polar surface area (TPSA) is 42.7 Å². The summed E-state index contributed by atoms with van der Waals surface area (Å²) in [5.74, 6) is 0. The summed E-state index contributed by atoms with van der Waals surface area (Å²) in [5.41, 5.74) is 1.36. The number of hydrogen-bond donors (Lipinski definition) is 1. The highest BCUT2D eigenvalue weighted by Gasteiger charge is 2.14. The van der Waals surface area contributed by atoms with Gasteiger partial charge in [0.2, 0.25) is 0 Å². The van der Waals surface area contributed by atoms with Crippen molar-refractivity contribution in [3.05, 3.63) is 11.4 Å². The largest absolute Gasteiger partial charge is 0.309 e. The fraction of sp³-hybridized carbons (Fsp3) is 0.667. The molecule has 0 aliphatic carbocycles. The summed E-state index contributed by atoms with van der Waals surface area (Å²) in [5, 5.41) is 10.7. The normalized spacial score (nSPS) is 16.5. The van der Waals surface area contributed by atoms with Crippen molar-refractivity contribution < 1.29 is 4.39 Å². The van der Waals surface area contributed by atoms with Gasteiger partial charge in [-0.05, 0) is 0 Å². The zero-order valence-electron chi connectivity index (χ0n) is 6.05. The monoisotopic (exact) mass is 156 g/mol. The first-order valence-corrected chi connectivity index (χ1v) is 3.59. The molecule has 1 aliphatic rings. The highest BCUT2D eigenvalue weighted by molar-refractivity contribution is 5.10. The molecule has 0 saturated carbocycles. The van der Waals surface area contributed by atoms with Crippen LogP contribution < -0.4 is 5.32 Å². The van der Waals surface area contributed by atoms with Gasteiger partial charge in [-0.15, -0.1) is 5.10 Å². The third kappa shape index (κ3) is 1.01. The summed E-state index contributed by atoms with van der Waals surface area (Å²) in [6.07, 6.45) is 0. The van der Waals surface area contributed by atoms with Gasteiger partial charge in [-0.3, -0.25) is 0 Å². The van der Waals surface area contributed by atoms with Crippen LogP contribution in [0.5, 0.6) is 0 Å². The fourth-order valence-electron chi connectivity index (χ4n) is 1.24. The molecule has 0 aromatic carbocycles. The second kappa shape index (κ2) is 2.58. The summed E-state index contributed by atoms with van der Waals surface area (Å²) in [7, 11) is 0. The Hall–Kier alpha value is -0.970. The summed E-state index contributed by atoms with van der Waals surface area (Å²) in [6.45, 7) is 1.85. The Labute approximate surface area is 63.4 Å². The van der Waals surface area contributed by atoms with Crippen molar-refractivity contribution in [3.63, 3.8) is 0 Å². The minimum absolute atomic E-state index is 0.470. The Morgan fingerprint density at radius 3 is 3.36 bits per heavy atom. The summed E-state index contributed by atoms with van der Waals surface area (Å²) >= 11 is 0. The van der Waals surface area contributed by atoms with E-state index < -0.39 is 6.67 Å². The van der Waals surface area contributed by atoms with E-state index in [1.54, 1.807) is 4.68 Å². The Kier molecular flexibility index (Phi) is 1.58. The van der Waals surface area contributed by atoms with Crippen molar-refractivity contribution in [1.82, 2.24) is 20.3 Å². The number of halogens is 1. The molecule has 0 saturated heterocycles. The van der Waals surface area contributed by atoms with Crippen molar-refractivity contribution in [2.24, 2.45) is 0 Å². The molecule has 0 bridgehead atoms. The molecular weight excluding hydrogens is 147 g/mol. The van der Waals surface area contributed by atoms with Crippen molar-refractivity contribution in [2.45, 2.75) is 19.8 Å². The zero-order chi connectivity index (χ0) is 7.68. The van der Waals surface area contributed by atoms with Gasteiger partial charge in [0.25, 0.3) is 0 Å². The quantitative estimate of drug-likeness (QED) is 0.615. The van der Waals surface area contributed by atoms with Crippen LogP contribution in [0.25, 0.3) is 0 Å². The molecule has 4 nitrogen and oxygen atoms in total. The SMILES string of the molecule is FCc1nnn2c1CNCC2. The molecule has 1 aromatic rings. The Bertz CT molecular complexity index is 244. The minimum Gasteiger partial charge on any atom is -0.309 e. The zero-order valence-corrected chi connectivity index (χ0v) is 6.05. The van der Waals surface area contributed by atoms with Crippen LogP contribution >= 0.6 is 0 Å². The number of fused-ring (bicyclic) bond motifs is 1. The lowest BCUT2D eigenvalue weighted by molar-refractivity contribution is 0.452. The Morgan fingerprint density at radius 1 is 1.64 bits per heavy atom. The molecule has 2 rings (SSSR count). The van der Waals surface area contributed by atoms with Crippen LogP contribution in [0.15, 0.2) is 0 Å². The molecule has 1 aliphatic heterocycles. The maximum Gasteiger partial charge on any atom is 0.135 e. The van der Waals surface area contributed by atoms with Crippen LogP contribution in [0, 0.1) is 0 Å². The third-order valence-electron chi connectivity index (χ3n) is 1.84. The molecule has 1 aromatic heterocycles. The predicted octanol–water partition coefficient (Wildman–Crippen LogP) is -0.149. The Balaban J connectivity index is 2.38. The number of aromatic nitrogens is 3. The molecule has 60 valence electrons. The van der Waals surface area contributed by atoms with Crippen LogP contribution in [-0.4, -0.2) is 21.5 Å². The maximum absolute atomic E-state index is 12.2. The van der Waals surface area contributed by atoms with Gasteiger partial charge in [-0.25, -0.2) is 9.07 Å². The average molecular weight is 156 g/mol. The number of nitrogens with one attached hydrogen (secondary N) is 1. The molecular formula is C6H9FN4. The predicted molar refractivity (Wildman–Crippen MR) is 36.5 cm³/mol. The molecule has 1 N–H and O–H groups in total. The van der Waals surface area contributed by atoms with Crippen molar-refractivity contribution in [2.75, 3.05) is 6.54 Å². The van der Waals surface area contributed by atoms with E-state index in [0.717, 1.165) is 18.8 Å². The lowest BCUT2D eigenvalue weighted by Crippen LogP contribution is -2.28. The van der Waals surface area contributed by atoms with Gasteiger partial charge in [0, 0.05) is 13.1 Å². The molecule has 0 amide bonds. The average Bonchev–Trinajstić information content (AvgIpc) is 2.47. The van der Waals surface area contributed by atoms with Crippen LogP contribution in [0.2, 0.25) is 0 Å². The molecule has 5 heteroatoms. The number of rotatable bonds is 1. The third-order valence-corrected chi connectivity index (χ3v) is 1.84. The number of alkyl halides is 1. The lowest BCUT2D eigenvalue weighted by atomic mass is 10.3. The van der Waals surface area contributed by atoms with Crippen LogP contribution in [-0.2, 0) is 19.8 Å². The molecule has 0 radical (unpaired) electrons. The van der Waals surface area contributed by atoms with Crippen LogP contribution in [0.1, 0.15) is 11.4 Å². The van der Waals surface area contributed by atoms with Crippen LogP contribution in [0.3, 0.4) is 0 Å². The van der Waals surface area contributed by atoms with E-state index in [4.69, 9.17) is 0 Å². The van der Waals surface area contributed by atoms with Gasteiger partial charge in [0.05, 0.1) is 12.2 Å². The number of hydrogen-bond acceptors (Lipinski definition) is 3. The van der Waals surface area contributed by atoms with Crippen molar-refractivity contribution >= 4 is 0 Å². The lowest BCUT2D eigenvalue weighted by Gasteiger charge is -2.13. The van der Waals surface area contributed by atoms with Gasteiger partial charge in [0.15, 0.2) is 0 Å². The number of nitrogens with zero attached hydrogens (tertiary/aromatic N) is 3. The summed E-state index contributed by atoms with van der Waals surface area (Å²) in [6, 6.07) is 0. The van der Waals surface area contributed by atoms with E-state index in [-0.39, 0.29) is 0 Å². The molecule has 0 unspecified atom stereocenters. The van der Waals surface area contributed by atoms with Gasteiger partial charge in [0.1, 0.15) is 12.4 Å². The summed E-state index contributed by atoms with van der Waals surface area (Å²) < 4.78 is 14.0. The highest BCUT2D eigenvalue weighted by atomic mass is 19.1. The Morgan fingerprint density at radius 2 is 2.55 bits per heavy atom. The first-order chi connectivity index (χ1) is 5.42. The first-order valence-electron chi connectivity index (χ1n) is 3.59. The molecule has 0 atom stereocenters. The van der Waals surface area contributed by atoms with E-state index in [1.165, 1.54) is 0 Å². The van der Waals surface area contributed by atoms with Gasteiger partial charge < -0.3 is 5.32 Å². The first kappa shape index (κ1) is 6.72.